The third kappa shape index (κ3) is 7.46. The van der Waals surface area contributed by atoms with Crippen LogP contribution in [-0.2, 0) is 14.6 Å². The van der Waals surface area contributed by atoms with Gasteiger partial charge in [-0.25, -0.2) is 8.42 Å². The molecule has 8 nitrogen and oxygen atoms in total. The Morgan fingerprint density at radius 1 is 1.30 bits per heavy atom. The second-order valence-electron chi connectivity index (χ2n) is 7.40. The van der Waals surface area contributed by atoms with E-state index in [-0.39, 0.29) is 16.8 Å². The number of hydrogen-bond donors (Lipinski definition) is 1. The Morgan fingerprint density at radius 2 is 2.07 bits per heavy atom. The Bertz CT molecular complexity index is 926. The summed E-state index contributed by atoms with van der Waals surface area (Å²) >= 11 is 0. The van der Waals surface area contributed by atoms with Gasteiger partial charge in [0.25, 0.3) is 0 Å². The van der Waals surface area contributed by atoms with E-state index in [4.69, 9.17) is 9.26 Å². The van der Waals surface area contributed by atoms with Crippen molar-refractivity contribution in [3.8, 4) is 5.75 Å². The van der Waals surface area contributed by atoms with E-state index in [9.17, 15) is 13.2 Å². The number of anilines is 1. The second-order valence-corrected chi connectivity index (χ2v) is 9.42. The zero-order valence-corrected chi connectivity index (χ0v) is 18.9. The van der Waals surface area contributed by atoms with Gasteiger partial charge in [0.2, 0.25) is 5.91 Å². The lowest BCUT2D eigenvalue weighted by Gasteiger charge is -2.26. The molecule has 9 heteroatoms. The Labute approximate surface area is 178 Å². The summed E-state index contributed by atoms with van der Waals surface area (Å²) in [7, 11) is -1.35. The molecule has 1 unspecified atom stereocenters. The standard InChI is InChI=1S/C21H31N3O5S/c1-5-6-11-19(21(25)22-20-14-16(2)29-23-20)24(3)12-8-13-28-17-9-7-10-18(15-17)30(4,26)27/h7,9-10,14-15,19H,5-6,8,11-13H2,1-4H3,(H,22,23,25). The molecule has 1 aromatic carbocycles. The van der Waals surface area contributed by atoms with Crippen molar-refractivity contribution in [2.24, 2.45) is 0 Å². The van der Waals surface area contributed by atoms with Crippen molar-refractivity contribution < 1.29 is 22.5 Å². The van der Waals surface area contributed by atoms with Crippen molar-refractivity contribution in [3.05, 3.63) is 36.1 Å². The van der Waals surface area contributed by atoms with Crippen molar-refractivity contribution >= 4 is 21.6 Å². The smallest absolute Gasteiger partial charge is 0.242 e. The quantitative estimate of drug-likeness (QED) is 0.508. The molecule has 2 aromatic rings. The van der Waals surface area contributed by atoms with Crippen LogP contribution in [0.2, 0.25) is 0 Å². The van der Waals surface area contributed by atoms with E-state index in [2.05, 4.69) is 17.4 Å². The molecule has 2 rings (SSSR count). The number of carbonyl (C=O) groups excluding carboxylic acids is 1. The minimum atomic E-state index is -3.27. The number of rotatable bonds is 12. The minimum absolute atomic E-state index is 0.110. The van der Waals surface area contributed by atoms with Crippen LogP contribution in [0.3, 0.4) is 0 Å². The fourth-order valence-electron chi connectivity index (χ4n) is 3.04. The molecule has 1 amide bonds. The number of sulfone groups is 1. The Kier molecular flexibility index (Phi) is 8.86. The van der Waals surface area contributed by atoms with Gasteiger partial charge < -0.3 is 14.6 Å². The monoisotopic (exact) mass is 437 g/mol. The highest BCUT2D eigenvalue weighted by atomic mass is 32.2. The van der Waals surface area contributed by atoms with Gasteiger partial charge in [0.1, 0.15) is 11.5 Å². The Balaban J connectivity index is 1.87. The number of aromatic nitrogens is 1. The van der Waals surface area contributed by atoms with Crippen molar-refractivity contribution in [2.45, 2.75) is 50.5 Å². The van der Waals surface area contributed by atoms with Crippen LogP contribution in [-0.4, -0.2) is 56.9 Å². The summed E-state index contributed by atoms with van der Waals surface area (Å²) in [6.45, 7) is 4.94. The molecule has 0 saturated carbocycles. The summed E-state index contributed by atoms with van der Waals surface area (Å²) in [5.41, 5.74) is 0. The number of benzene rings is 1. The number of hydrogen-bond acceptors (Lipinski definition) is 7. The van der Waals surface area contributed by atoms with Crippen molar-refractivity contribution in [1.82, 2.24) is 10.1 Å². The van der Waals surface area contributed by atoms with Gasteiger partial charge in [-0.2, -0.15) is 0 Å². The number of nitrogens with zero attached hydrogens (tertiary/aromatic N) is 2. The van der Waals surface area contributed by atoms with Crippen molar-refractivity contribution in [2.75, 3.05) is 31.8 Å². The number of amides is 1. The first-order valence-corrected chi connectivity index (χ1v) is 12.0. The van der Waals surface area contributed by atoms with Gasteiger partial charge >= 0.3 is 0 Å². The maximum Gasteiger partial charge on any atom is 0.242 e. The van der Waals surface area contributed by atoms with Crippen LogP contribution in [0.25, 0.3) is 0 Å². The van der Waals surface area contributed by atoms with Gasteiger partial charge in [-0.05, 0) is 45.0 Å². The van der Waals surface area contributed by atoms with E-state index in [0.29, 0.717) is 36.9 Å². The molecule has 0 bridgehead atoms. The van der Waals surface area contributed by atoms with Crippen LogP contribution in [0.1, 0.15) is 38.4 Å². The molecule has 166 valence electrons. The molecule has 0 spiro atoms. The lowest BCUT2D eigenvalue weighted by Crippen LogP contribution is -2.42. The van der Waals surface area contributed by atoms with Crippen molar-refractivity contribution in [3.63, 3.8) is 0 Å². The summed E-state index contributed by atoms with van der Waals surface area (Å²) in [4.78, 5) is 15.0. The highest BCUT2D eigenvalue weighted by Crippen LogP contribution is 2.18. The van der Waals surface area contributed by atoms with Crippen molar-refractivity contribution in [1.29, 1.82) is 0 Å². The zero-order valence-electron chi connectivity index (χ0n) is 18.1. The predicted molar refractivity (Wildman–Crippen MR) is 115 cm³/mol. The van der Waals surface area contributed by atoms with E-state index in [1.54, 1.807) is 31.2 Å². The maximum atomic E-state index is 12.7. The first kappa shape index (κ1) is 23.9. The molecule has 0 fully saturated rings. The summed E-state index contributed by atoms with van der Waals surface area (Å²) in [5.74, 6) is 1.46. The topological polar surface area (TPSA) is 102 Å². The summed E-state index contributed by atoms with van der Waals surface area (Å²) in [6, 6.07) is 7.87. The predicted octanol–water partition coefficient (Wildman–Crippen LogP) is 3.28. The number of nitrogens with one attached hydrogen (secondary N) is 1. The van der Waals surface area contributed by atoms with E-state index in [1.165, 1.54) is 12.3 Å². The number of ether oxygens (including phenoxy) is 1. The first-order chi connectivity index (χ1) is 14.2. The first-order valence-electron chi connectivity index (χ1n) is 10.1. The molecule has 1 atom stereocenters. The lowest BCUT2D eigenvalue weighted by atomic mass is 10.1. The molecule has 0 aliphatic heterocycles. The molecule has 1 heterocycles. The summed E-state index contributed by atoms with van der Waals surface area (Å²) in [5, 5.41) is 6.64. The van der Waals surface area contributed by atoms with Crippen LogP contribution in [0.4, 0.5) is 5.82 Å². The molecular weight excluding hydrogens is 406 g/mol. The van der Waals surface area contributed by atoms with Gasteiger partial charge in [-0.1, -0.05) is 31.0 Å². The van der Waals surface area contributed by atoms with E-state index in [1.807, 2.05) is 11.9 Å². The lowest BCUT2D eigenvalue weighted by molar-refractivity contribution is -0.121. The number of unbranched alkanes of at least 4 members (excludes halogenated alkanes) is 1. The molecule has 1 aromatic heterocycles. The van der Waals surface area contributed by atoms with Gasteiger partial charge in [-0.15, -0.1) is 0 Å². The Morgan fingerprint density at radius 3 is 2.70 bits per heavy atom. The van der Waals surface area contributed by atoms with Gasteiger partial charge in [-0.3, -0.25) is 9.69 Å². The number of carbonyl (C=O) groups is 1. The molecule has 0 saturated heterocycles. The minimum Gasteiger partial charge on any atom is -0.494 e. The largest absolute Gasteiger partial charge is 0.494 e. The fraction of sp³-hybridized carbons (Fsp3) is 0.524. The molecule has 0 radical (unpaired) electrons. The highest BCUT2D eigenvalue weighted by molar-refractivity contribution is 7.90. The number of likely N-dealkylation sites (N-methyl/N-ethyl adjacent to an activating group) is 1. The van der Waals surface area contributed by atoms with Crippen LogP contribution >= 0.6 is 0 Å². The fourth-order valence-corrected chi connectivity index (χ4v) is 3.69. The van der Waals surface area contributed by atoms with Gasteiger partial charge in [0.15, 0.2) is 15.7 Å². The summed E-state index contributed by atoms with van der Waals surface area (Å²) < 4.78 is 34.0. The normalized spacial score (nSPS) is 12.7. The van der Waals surface area contributed by atoms with Gasteiger partial charge in [0.05, 0.1) is 17.5 Å². The summed E-state index contributed by atoms with van der Waals surface area (Å²) in [6.07, 6.45) is 4.55. The Hall–Kier alpha value is -2.39. The highest BCUT2D eigenvalue weighted by Gasteiger charge is 2.23. The molecular formula is C21H31N3O5S. The molecule has 0 aliphatic carbocycles. The number of aryl methyl sites for hydroxylation is 1. The van der Waals surface area contributed by atoms with E-state index < -0.39 is 9.84 Å². The second kappa shape index (κ2) is 11.1. The zero-order chi connectivity index (χ0) is 22.1. The molecule has 30 heavy (non-hydrogen) atoms. The van der Waals surface area contributed by atoms with Crippen LogP contribution in [0, 0.1) is 6.92 Å². The van der Waals surface area contributed by atoms with E-state index in [0.717, 1.165) is 19.3 Å². The SMILES string of the molecule is CCCCC(C(=O)Nc1cc(C)on1)N(C)CCCOc1cccc(S(C)(=O)=O)c1. The molecule has 1 N–H and O–H groups in total. The van der Waals surface area contributed by atoms with E-state index >= 15 is 0 Å². The van der Waals surface area contributed by atoms with Gasteiger partial charge in [0, 0.05) is 18.9 Å². The van der Waals surface area contributed by atoms with Crippen LogP contribution in [0.5, 0.6) is 5.75 Å². The van der Waals surface area contributed by atoms with Crippen LogP contribution < -0.4 is 10.1 Å². The van der Waals surface area contributed by atoms with Crippen LogP contribution in [0.15, 0.2) is 39.8 Å². The molecule has 0 aliphatic rings. The third-order valence-electron chi connectivity index (χ3n) is 4.70. The maximum absolute atomic E-state index is 12.7. The average molecular weight is 438 g/mol. The third-order valence-corrected chi connectivity index (χ3v) is 5.81. The average Bonchev–Trinajstić information content (AvgIpc) is 3.09.